The molecule has 0 bridgehead atoms. The zero-order chi connectivity index (χ0) is 16.4. The minimum absolute atomic E-state index is 0.0644. The Labute approximate surface area is 131 Å². The van der Waals surface area contributed by atoms with E-state index in [0.29, 0.717) is 11.3 Å². The van der Waals surface area contributed by atoms with Gasteiger partial charge in [0.25, 0.3) is 0 Å². The van der Waals surface area contributed by atoms with Crippen molar-refractivity contribution in [1.29, 1.82) is 0 Å². The van der Waals surface area contributed by atoms with Crippen molar-refractivity contribution in [3.8, 4) is 0 Å². The number of hydrogen-bond acceptors (Lipinski definition) is 6. The van der Waals surface area contributed by atoms with E-state index in [0.717, 1.165) is 11.8 Å². The minimum atomic E-state index is -1.19. The van der Waals surface area contributed by atoms with Crippen LogP contribution in [0.1, 0.15) is 20.3 Å². The highest BCUT2D eigenvalue weighted by Gasteiger charge is 2.56. The van der Waals surface area contributed by atoms with Crippen molar-refractivity contribution >= 4 is 29.6 Å². The van der Waals surface area contributed by atoms with Gasteiger partial charge in [-0.1, -0.05) is 11.8 Å². The molecule has 2 rings (SSSR count). The van der Waals surface area contributed by atoms with Crippen LogP contribution in [0, 0.1) is 5.92 Å². The first kappa shape index (κ1) is 16.6. The van der Waals surface area contributed by atoms with Crippen molar-refractivity contribution < 1.29 is 29.3 Å². The molecular formula is C14H17NO6S. The molecule has 7 nitrogen and oxygen atoms in total. The highest BCUT2D eigenvalue weighted by Crippen LogP contribution is 2.47. The Hall–Kier alpha value is -1.80. The SMILES string of the molecule is CCOC(=O)/C=C\SC1=C(C(=O)O)N2C(=O)[C@@H]([C@H](C)O)[C@H]2C1. The van der Waals surface area contributed by atoms with Crippen LogP contribution in [-0.4, -0.2) is 51.7 Å². The van der Waals surface area contributed by atoms with Gasteiger partial charge in [0.2, 0.25) is 5.91 Å². The molecule has 0 radical (unpaired) electrons. The summed E-state index contributed by atoms with van der Waals surface area (Å²) in [5, 5.41) is 20.4. The predicted molar refractivity (Wildman–Crippen MR) is 78.4 cm³/mol. The van der Waals surface area contributed by atoms with Gasteiger partial charge in [-0.25, -0.2) is 9.59 Å². The number of nitrogens with zero attached hydrogens (tertiary/aromatic N) is 1. The number of carbonyl (C=O) groups is 3. The summed E-state index contributed by atoms with van der Waals surface area (Å²) in [5.74, 6) is -2.64. The summed E-state index contributed by atoms with van der Waals surface area (Å²) < 4.78 is 4.73. The van der Waals surface area contributed by atoms with Crippen molar-refractivity contribution in [3.05, 3.63) is 22.1 Å². The Balaban J connectivity index is 2.12. The topological polar surface area (TPSA) is 104 Å². The van der Waals surface area contributed by atoms with Crippen LogP contribution in [0.25, 0.3) is 0 Å². The molecule has 2 aliphatic rings. The van der Waals surface area contributed by atoms with Crippen LogP contribution in [0.2, 0.25) is 0 Å². The Kier molecular flexibility index (Phi) is 4.92. The number of aliphatic hydroxyl groups excluding tert-OH is 1. The van der Waals surface area contributed by atoms with Crippen LogP contribution in [0.3, 0.4) is 0 Å². The third kappa shape index (κ3) is 2.89. The van der Waals surface area contributed by atoms with Gasteiger partial charge in [0.05, 0.1) is 24.7 Å². The molecule has 0 aromatic carbocycles. The minimum Gasteiger partial charge on any atom is -0.477 e. The first-order chi connectivity index (χ1) is 10.4. The molecule has 2 heterocycles. The summed E-state index contributed by atoms with van der Waals surface area (Å²) in [6.07, 6.45) is 0.758. The number of amides is 1. The maximum atomic E-state index is 12.0. The van der Waals surface area contributed by atoms with Gasteiger partial charge in [0, 0.05) is 17.4 Å². The van der Waals surface area contributed by atoms with Crippen LogP contribution in [0.4, 0.5) is 0 Å². The normalized spacial score (nSPS) is 25.2. The smallest absolute Gasteiger partial charge is 0.353 e. The first-order valence-corrected chi connectivity index (χ1v) is 7.74. The molecule has 0 aliphatic carbocycles. The Morgan fingerprint density at radius 2 is 2.23 bits per heavy atom. The average Bonchev–Trinajstić information content (AvgIpc) is 2.73. The highest BCUT2D eigenvalue weighted by molar-refractivity contribution is 8.05. The van der Waals surface area contributed by atoms with Gasteiger partial charge >= 0.3 is 11.9 Å². The zero-order valence-electron chi connectivity index (χ0n) is 12.2. The van der Waals surface area contributed by atoms with Crippen LogP contribution in [0.15, 0.2) is 22.1 Å². The third-order valence-electron chi connectivity index (χ3n) is 3.59. The molecule has 0 aromatic rings. The van der Waals surface area contributed by atoms with E-state index in [1.807, 2.05) is 0 Å². The molecule has 1 saturated heterocycles. The fourth-order valence-electron chi connectivity index (χ4n) is 2.70. The quantitative estimate of drug-likeness (QED) is 0.420. The number of rotatable bonds is 6. The molecule has 1 amide bonds. The monoisotopic (exact) mass is 327 g/mol. The predicted octanol–water partition coefficient (Wildman–Crippen LogP) is 0.704. The van der Waals surface area contributed by atoms with Gasteiger partial charge in [-0.15, -0.1) is 0 Å². The molecule has 1 fully saturated rings. The van der Waals surface area contributed by atoms with Gasteiger partial charge in [0.15, 0.2) is 0 Å². The van der Waals surface area contributed by atoms with Gasteiger partial charge in [-0.05, 0) is 19.3 Å². The number of thioether (sulfide) groups is 1. The number of fused-ring (bicyclic) bond motifs is 1. The molecule has 22 heavy (non-hydrogen) atoms. The largest absolute Gasteiger partial charge is 0.477 e. The summed E-state index contributed by atoms with van der Waals surface area (Å²) in [6, 6.07) is -0.322. The van der Waals surface area contributed by atoms with Crippen molar-refractivity contribution in [2.24, 2.45) is 5.92 Å². The number of esters is 1. The van der Waals surface area contributed by atoms with E-state index >= 15 is 0 Å². The van der Waals surface area contributed by atoms with Crippen molar-refractivity contribution in [3.63, 3.8) is 0 Å². The summed E-state index contributed by atoms with van der Waals surface area (Å²) in [6.45, 7) is 3.47. The summed E-state index contributed by atoms with van der Waals surface area (Å²) in [4.78, 5) is 36.3. The Morgan fingerprint density at radius 1 is 1.55 bits per heavy atom. The lowest BCUT2D eigenvalue weighted by Gasteiger charge is -2.44. The fourth-order valence-corrected chi connectivity index (χ4v) is 3.61. The number of aliphatic hydroxyl groups is 1. The van der Waals surface area contributed by atoms with Gasteiger partial charge < -0.3 is 19.8 Å². The zero-order valence-corrected chi connectivity index (χ0v) is 13.0. The van der Waals surface area contributed by atoms with E-state index in [1.54, 1.807) is 6.92 Å². The van der Waals surface area contributed by atoms with E-state index in [4.69, 9.17) is 4.74 Å². The molecular weight excluding hydrogens is 310 g/mol. The van der Waals surface area contributed by atoms with Crippen LogP contribution in [0.5, 0.6) is 0 Å². The van der Waals surface area contributed by atoms with Gasteiger partial charge in [-0.2, -0.15) is 0 Å². The molecule has 0 aromatic heterocycles. The van der Waals surface area contributed by atoms with Gasteiger partial charge in [-0.3, -0.25) is 4.79 Å². The van der Waals surface area contributed by atoms with Crippen molar-refractivity contribution in [2.75, 3.05) is 6.61 Å². The number of β-lactam (4-membered cyclic amide) rings is 1. The fraction of sp³-hybridized carbons (Fsp3) is 0.500. The lowest BCUT2D eigenvalue weighted by Crippen LogP contribution is -2.61. The molecule has 3 atom stereocenters. The van der Waals surface area contributed by atoms with E-state index in [-0.39, 0.29) is 24.3 Å². The van der Waals surface area contributed by atoms with E-state index in [1.165, 1.54) is 23.3 Å². The van der Waals surface area contributed by atoms with Gasteiger partial charge in [0.1, 0.15) is 5.70 Å². The van der Waals surface area contributed by atoms with E-state index in [2.05, 4.69) is 0 Å². The average molecular weight is 327 g/mol. The maximum absolute atomic E-state index is 12.0. The van der Waals surface area contributed by atoms with Crippen LogP contribution < -0.4 is 0 Å². The number of carbonyl (C=O) groups excluding carboxylic acids is 2. The number of carboxylic acid groups (broad SMARTS) is 1. The second-order valence-corrected chi connectivity index (χ2v) is 6.00. The summed E-state index contributed by atoms with van der Waals surface area (Å²) in [7, 11) is 0. The van der Waals surface area contributed by atoms with Crippen LogP contribution >= 0.6 is 11.8 Å². The molecule has 0 spiro atoms. The second-order valence-electron chi connectivity index (χ2n) is 5.00. The molecule has 120 valence electrons. The van der Waals surface area contributed by atoms with Crippen LogP contribution in [-0.2, 0) is 19.1 Å². The molecule has 0 unspecified atom stereocenters. The number of aliphatic carboxylic acids is 1. The van der Waals surface area contributed by atoms with Crippen molar-refractivity contribution in [1.82, 2.24) is 4.90 Å². The third-order valence-corrected chi connectivity index (χ3v) is 4.51. The number of carboxylic acids is 1. The first-order valence-electron chi connectivity index (χ1n) is 6.86. The van der Waals surface area contributed by atoms with Crippen molar-refractivity contribution in [2.45, 2.75) is 32.4 Å². The Morgan fingerprint density at radius 3 is 2.77 bits per heavy atom. The maximum Gasteiger partial charge on any atom is 0.353 e. The molecule has 2 aliphatic heterocycles. The molecule has 2 N–H and O–H groups in total. The number of hydrogen-bond donors (Lipinski definition) is 2. The van der Waals surface area contributed by atoms with E-state index in [9.17, 15) is 24.6 Å². The second kappa shape index (κ2) is 6.53. The summed E-state index contributed by atoms with van der Waals surface area (Å²) in [5.41, 5.74) is -0.0644. The molecule has 8 heteroatoms. The lowest BCUT2D eigenvalue weighted by molar-refractivity contribution is -0.161. The standard InChI is InChI=1S/C14H17NO6S/c1-3-21-10(17)4-5-22-9-6-8-11(7(2)16)13(18)15(8)12(9)14(19)20/h4-5,7-8,11,16H,3,6H2,1-2H3,(H,19,20)/b5-4-/t7-,8+,11-/m0/s1. The lowest BCUT2D eigenvalue weighted by atomic mass is 9.83. The van der Waals surface area contributed by atoms with E-state index < -0.39 is 24.0 Å². The molecule has 0 saturated carbocycles. The highest BCUT2D eigenvalue weighted by atomic mass is 32.2. The number of ether oxygens (including phenoxy) is 1. The summed E-state index contributed by atoms with van der Waals surface area (Å²) >= 11 is 1.08. The Bertz CT molecular complexity index is 568.